The Kier molecular flexibility index (Phi) is 3.44. The van der Waals surface area contributed by atoms with Gasteiger partial charge >= 0.3 is 5.97 Å². The third-order valence-electron chi connectivity index (χ3n) is 5.33. The number of likely N-dealkylation sites (N-methyl/N-ethyl adjacent to an activating group) is 1. The summed E-state index contributed by atoms with van der Waals surface area (Å²) in [4.78, 5) is 14.8. The van der Waals surface area contributed by atoms with Crippen molar-refractivity contribution in [1.29, 1.82) is 0 Å². The van der Waals surface area contributed by atoms with Crippen LogP contribution in [0.1, 0.15) is 24.3 Å². The fraction of sp³-hybridized carbons (Fsp3) is 0.588. The second-order valence-corrected chi connectivity index (χ2v) is 6.54. The van der Waals surface area contributed by atoms with Gasteiger partial charge in [0.2, 0.25) is 0 Å². The van der Waals surface area contributed by atoms with E-state index in [1.165, 1.54) is 0 Å². The Morgan fingerprint density at radius 3 is 2.55 bits per heavy atom. The maximum atomic E-state index is 12.4. The highest BCUT2D eigenvalue weighted by Gasteiger charge is 2.62. The molecule has 1 aromatic carbocycles. The largest absolute Gasteiger partial charge is 0.462 e. The molecule has 0 amide bonds. The monoisotopic (exact) mass is 303 g/mol. The summed E-state index contributed by atoms with van der Waals surface area (Å²) < 4.78 is 11.4. The summed E-state index contributed by atoms with van der Waals surface area (Å²) in [6.07, 6.45) is 2.26. The van der Waals surface area contributed by atoms with Gasteiger partial charge in [-0.2, -0.15) is 0 Å². The molecule has 3 fully saturated rings. The van der Waals surface area contributed by atoms with Gasteiger partial charge in [0.25, 0.3) is 0 Å². The van der Waals surface area contributed by atoms with Crippen molar-refractivity contribution in [1.82, 2.24) is 4.90 Å². The molecule has 3 aliphatic rings. The van der Waals surface area contributed by atoms with Crippen LogP contribution in [0.3, 0.4) is 0 Å². The SMILES string of the molecule is CN1C2CC(OC(=O)[C@H](CO)c3ccccc3)C[C@@H]1[C@H]1O[C@@H]21. The van der Waals surface area contributed by atoms with E-state index >= 15 is 0 Å². The number of epoxide rings is 1. The van der Waals surface area contributed by atoms with Crippen LogP contribution in [0.4, 0.5) is 0 Å². The van der Waals surface area contributed by atoms with E-state index in [1.807, 2.05) is 30.3 Å². The highest BCUT2D eigenvalue weighted by atomic mass is 16.6. The predicted octanol–water partition coefficient (Wildman–Crippen LogP) is 0.918. The number of esters is 1. The molecular formula is C17H21NO4. The lowest BCUT2D eigenvalue weighted by Crippen LogP contribution is -2.48. The summed E-state index contributed by atoms with van der Waals surface area (Å²) in [6, 6.07) is 10.1. The van der Waals surface area contributed by atoms with Crippen molar-refractivity contribution in [3.8, 4) is 0 Å². The second kappa shape index (κ2) is 5.33. The zero-order valence-corrected chi connectivity index (χ0v) is 12.6. The van der Waals surface area contributed by atoms with Crippen LogP contribution in [-0.4, -0.2) is 60.0 Å². The van der Waals surface area contributed by atoms with Gasteiger partial charge in [0.1, 0.15) is 24.2 Å². The first-order valence-electron chi connectivity index (χ1n) is 7.92. The van der Waals surface area contributed by atoms with Gasteiger partial charge < -0.3 is 14.6 Å². The zero-order valence-electron chi connectivity index (χ0n) is 12.6. The maximum Gasteiger partial charge on any atom is 0.316 e. The molecule has 0 aromatic heterocycles. The first-order chi connectivity index (χ1) is 10.7. The number of hydrogen-bond acceptors (Lipinski definition) is 5. The molecule has 2 unspecified atom stereocenters. The van der Waals surface area contributed by atoms with E-state index in [-0.39, 0.29) is 18.7 Å². The van der Waals surface area contributed by atoms with Crippen molar-refractivity contribution in [2.45, 2.75) is 49.2 Å². The molecule has 3 aliphatic heterocycles. The highest BCUT2D eigenvalue weighted by molar-refractivity contribution is 5.78. The Morgan fingerprint density at radius 1 is 1.32 bits per heavy atom. The quantitative estimate of drug-likeness (QED) is 0.662. The molecule has 1 aromatic rings. The number of piperidine rings is 1. The Labute approximate surface area is 129 Å². The lowest BCUT2D eigenvalue weighted by molar-refractivity contribution is -0.156. The van der Waals surface area contributed by atoms with E-state index in [9.17, 15) is 9.90 Å². The molecule has 0 radical (unpaired) electrons. The van der Waals surface area contributed by atoms with Crippen molar-refractivity contribution >= 4 is 5.97 Å². The molecule has 0 saturated carbocycles. The second-order valence-electron chi connectivity index (χ2n) is 6.54. The van der Waals surface area contributed by atoms with Crippen molar-refractivity contribution in [3.63, 3.8) is 0 Å². The average molecular weight is 303 g/mol. The van der Waals surface area contributed by atoms with Crippen molar-refractivity contribution in [3.05, 3.63) is 35.9 Å². The number of hydrogen-bond donors (Lipinski definition) is 1. The molecule has 4 rings (SSSR count). The third-order valence-corrected chi connectivity index (χ3v) is 5.33. The number of nitrogens with zero attached hydrogens (tertiary/aromatic N) is 1. The number of ether oxygens (including phenoxy) is 2. The summed E-state index contributed by atoms with van der Waals surface area (Å²) in [5, 5.41) is 9.56. The van der Waals surface area contributed by atoms with E-state index in [2.05, 4.69) is 11.9 Å². The van der Waals surface area contributed by atoms with E-state index in [4.69, 9.17) is 9.47 Å². The van der Waals surface area contributed by atoms with Gasteiger partial charge in [-0.1, -0.05) is 30.3 Å². The number of aliphatic hydroxyl groups is 1. The number of carbonyl (C=O) groups excluding carboxylic acids is 1. The van der Waals surface area contributed by atoms with Gasteiger partial charge in [0, 0.05) is 24.9 Å². The van der Waals surface area contributed by atoms with Crippen LogP contribution in [0.25, 0.3) is 0 Å². The van der Waals surface area contributed by atoms with Gasteiger partial charge in [-0.15, -0.1) is 0 Å². The van der Waals surface area contributed by atoms with E-state index in [0.717, 1.165) is 18.4 Å². The molecule has 5 nitrogen and oxygen atoms in total. The summed E-state index contributed by atoms with van der Waals surface area (Å²) >= 11 is 0. The highest BCUT2D eigenvalue weighted by Crippen LogP contribution is 2.48. The standard InChI is InChI=1S/C17H21NO4/c1-18-13-7-11(8-14(18)16-15(13)22-16)21-17(20)12(9-19)10-5-3-2-4-6-10/h2-6,11-16,19H,7-9H2,1H3/t11?,12-,13-,14?,15-,16+/m1/s1. The normalized spacial score (nSPS) is 37.5. The van der Waals surface area contributed by atoms with Crippen LogP contribution < -0.4 is 0 Å². The summed E-state index contributed by atoms with van der Waals surface area (Å²) in [7, 11) is 2.13. The molecular weight excluding hydrogens is 282 g/mol. The van der Waals surface area contributed by atoms with Gasteiger partial charge in [-0.25, -0.2) is 0 Å². The Morgan fingerprint density at radius 2 is 1.95 bits per heavy atom. The van der Waals surface area contributed by atoms with Crippen LogP contribution in [0.5, 0.6) is 0 Å². The molecule has 0 spiro atoms. The zero-order chi connectivity index (χ0) is 15.3. The van der Waals surface area contributed by atoms with E-state index < -0.39 is 5.92 Å². The number of benzene rings is 1. The number of aliphatic hydroxyl groups excluding tert-OH is 1. The fourth-order valence-corrected chi connectivity index (χ4v) is 4.04. The smallest absolute Gasteiger partial charge is 0.316 e. The Hall–Kier alpha value is -1.43. The molecule has 118 valence electrons. The first kappa shape index (κ1) is 14.2. The van der Waals surface area contributed by atoms with Crippen molar-refractivity contribution in [2.75, 3.05) is 13.7 Å². The summed E-state index contributed by atoms with van der Waals surface area (Å²) in [5.41, 5.74) is 0.803. The number of carbonyl (C=O) groups is 1. The maximum absolute atomic E-state index is 12.4. The Bertz CT molecular complexity index is 545. The molecule has 2 bridgehead atoms. The number of fused-ring (bicyclic) bond motifs is 5. The molecule has 3 heterocycles. The molecule has 3 saturated heterocycles. The minimum absolute atomic E-state index is 0.0622. The summed E-state index contributed by atoms with van der Waals surface area (Å²) in [5.74, 6) is -0.915. The Balaban J connectivity index is 1.42. The first-order valence-corrected chi connectivity index (χ1v) is 7.92. The molecule has 22 heavy (non-hydrogen) atoms. The van der Waals surface area contributed by atoms with Gasteiger partial charge in [-0.3, -0.25) is 9.69 Å². The minimum atomic E-state index is -0.593. The van der Waals surface area contributed by atoms with Crippen molar-refractivity contribution in [2.24, 2.45) is 0 Å². The molecule has 5 heteroatoms. The van der Waals surface area contributed by atoms with Gasteiger partial charge in [0.15, 0.2) is 0 Å². The minimum Gasteiger partial charge on any atom is -0.462 e. The fourth-order valence-electron chi connectivity index (χ4n) is 4.04. The average Bonchev–Trinajstić information content (AvgIpc) is 3.27. The van der Waals surface area contributed by atoms with Crippen molar-refractivity contribution < 1.29 is 19.4 Å². The predicted molar refractivity (Wildman–Crippen MR) is 79.4 cm³/mol. The number of morpholine rings is 1. The topological polar surface area (TPSA) is 62.3 Å². The van der Waals surface area contributed by atoms with Crippen LogP contribution in [0.15, 0.2) is 30.3 Å². The summed E-state index contributed by atoms with van der Waals surface area (Å²) in [6.45, 7) is -0.226. The van der Waals surface area contributed by atoms with E-state index in [0.29, 0.717) is 24.3 Å². The molecule has 1 N–H and O–H groups in total. The van der Waals surface area contributed by atoms with Crippen LogP contribution in [0, 0.1) is 0 Å². The lowest BCUT2D eigenvalue weighted by Gasteiger charge is -2.38. The van der Waals surface area contributed by atoms with Gasteiger partial charge in [0.05, 0.1) is 6.61 Å². The number of rotatable bonds is 4. The third kappa shape index (κ3) is 2.24. The van der Waals surface area contributed by atoms with Crippen LogP contribution >= 0.6 is 0 Å². The van der Waals surface area contributed by atoms with E-state index in [1.54, 1.807) is 0 Å². The lowest BCUT2D eigenvalue weighted by atomic mass is 9.97. The van der Waals surface area contributed by atoms with Crippen LogP contribution in [0.2, 0.25) is 0 Å². The molecule has 6 atom stereocenters. The molecule has 0 aliphatic carbocycles. The van der Waals surface area contributed by atoms with Crippen LogP contribution in [-0.2, 0) is 14.3 Å². The van der Waals surface area contributed by atoms with Gasteiger partial charge in [-0.05, 0) is 12.6 Å².